The summed E-state index contributed by atoms with van der Waals surface area (Å²) in [5.74, 6) is 0. The van der Waals surface area contributed by atoms with E-state index in [1.54, 1.807) is 0 Å². The summed E-state index contributed by atoms with van der Waals surface area (Å²) in [4.78, 5) is 0. The van der Waals surface area contributed by atoms with E-state index in [4.69, 9.17) is 0 Å². The van der Waals surface area contributed by atoms with E-state index in [0.29, 0.717) is 0 Å². The van der Waals surface area contributed by atoms with Gasteiger partial charge in [-0.25, -0.2) is 0 Å². The van der Waals surface area contributed by atoms with Crippen LogP contribution in [0.15, 0.2) is 12.3 Å². The molecule has 0 unspecified atom stereocenters. The molecular formula is C3H2OSe. The molecule has 0 spiro atoms. The summed E-state index contributed by atoms with van der Waals surface area (Å²) in [7, 11) is 0. The molecule has 0 saturated heterocycles. The molecule has 1 nitrogen and oxygen atoms in total. The van der Waals surface area contributed by atoms with Crippen LogP contribution in [0.5, 0.6) is 0 Å². The zero-order chi connectivity index (χ0) is 4.12. The first-order chi connectivity index (χ1) is 2.41. The van der Waals surface area contributed by atoms with Gasteiger partial charge in [0.25, 0.3) is 0 Å². The Morgan fingerprint density at radius 3 is 2.40 bits per heavy atom. The van der Waals surface area contributed by atoms with Crippen LogP contribution >= 0.6 is 0 Å². The van der Waals surface area contributed by atoms with Crippen LogP contribution in [-0.2, 0) is 3.83 Å². The Hall–Kier alpha value is -0.251. The third-order valence-electron chi connectivity index (χ3n) is 0.114. The van der Waals surface area contributed by atoms with Crippen molar-refractivity contribution in [3.05, 3.63) is 12.3 Å². The molecule has 0 N–H and O–H groups in total. The van der Waals surface area contributed by atoms with E-state index in [1.165, 1.54) is 0 Å². The first kappa shape index (κ1) is 4.75. The predicted octanol–water partition coefficient (Wildman–Crippen LogP) is -0.222. The normalized spacial score (nSPS) is 4.00. The van der Waals surface area contributed by atoms with Crippen molar-refractivity contribution in [2.45, 2.75) is 0 Å². The SMILES string of the molecule is C=C=C=[Se]=O. The van der Waals surface area contributed by atoms with Gasteiger partial charge in [-0.15, -0.1) is 0 Å². The van der Waals surface area contributed by atoms with Crippen molar-refractivity contribution in [3.8, 4) is 0 Å². The molecule has 0 aromatic heterocycles. The molecule has 0 aromatic rings. The molecule has 0 aliphatic heterocycles. The third-order valence-corrected chi connectivity index (χ3v) is 0.592. The van der Waals surface area contributed by atoms with Gasteiger partial charge in [-0.2, -0.15) is 0 Å². The molecule has 0 aliphatic carbocycles. The van der Waals surface area contributed by atoms with E-state index in [1.807, 2.05) is 0 Å². The first-order valence-electron chi connectivity index (χ1n) is 0.974. The maximum absolute atomic E-state index is 9.38. The van der Waals surface area contributed by atoms with E-state index in [0.717, 1.165) is 0 Å². The van der Waals surface area contributed by atoms with Gasteiger partial charge in [0.1, 0.15) is 0 Å². The van der Waals surface area contributed by atoms with E-state index in [-0.39, 0.29) is 0 Å². The van der Waals surface area contributed by atoms with Crippen LogP contribution < -0.4 is 0 Å². The Morgan fingerprint density at radius 1 is 1.80 bits per heavy atom. The average Bonchev–Trinajstić information content (AvgIpc) is 1.41. The monoisotopic (exact) mass is 134 g/mol. The van der Waals surface area contributed by atoms with Gasteiger partial charge in [-0.3, -0.25) is 0 Å². The molecule has 0 rings (SSSR count). The van der Waals surface area contributed by atoms with Gasteiger partial charge in [0.15, 0.2) is 0 Å². The molecule has 0 aliphatic rings. The van der Waals surface area contributed by atoms with Crippen LogP contribution in [0.4, 0.5) is 0 Å². The molecule has 0 aromatic carbocycles. The van der Waals surface area contributed by atoms with Crippen LogP contribution in [0, 0.1) is 0 Å². The summed E-state index contributed by atoms with van der Waals surface area (Å²) >= 11 is -0.748. The van der Waals surface area contributed by atoms with Gasteiger partial charge in [-0.05, 0) is 0 Å². The van der Waals surface area contributed by atoms with Crippen molar-refractivity contribution in [1.29, 1.82) is 0 Å². The maximum atomic E-state index is 9.38. The zero-order valence-corrected chi connectivity index (χ0v) is 4.24. The molecule has 0 radical (unpaired) electrons. The standard InChI is InChI=1S/C3H2OSe/c1-2-3-5-4/h1H2. The molecule has 0 heterocycles. The second-order valence-corrected chi connectivity index (χ2v) is 1.14. The van der Waals surface area contributed by atoms with Crippen LogP contribution in [-0.4, -0.2) is 19.0 Å². The second-order valence-electron chi connectivity index (χ2n) is 0.362. The van der Waals surface area contributed by atoms with Crippen molar-refractivity contribution >= 4 is 19.0 Å². The van der Waals surface area contributed by atoms with E-state index >= 15 is 0 Å². The van der Waals surface area contributed by atoms with Crippen LogP contribution in [0.3, 0.4) is 0 Å². The molecule has 0 saturated carbocycles. The van der Waals surface area contributed by atoms with Crippen LogP contribution in [0.1, 0.15) is 0 Å². The van der Waals surface area contributed by atoms with Crippen molar-refractivity contribution in [3.63, 3.8) is 0 Å². The van der Waals surface area contributed by atoms with Gasteiger partial charge < -0.3 is 0 Å². The molecule has 26 valence electrons. The Balaban J connectivity index is 4.38. The average molecular weight is 133 g/mol. The van der Waals surface area contributed by atoms with Gasteiger partial charge in [0.2, 0.25) is 0 Å². The Labute approximate surface area is 35.9 Å². The molecule has 0 fully saturated rings. The third kappa shape index (κ3) is 3.75. The molecule has 0 amide bonds. The van der Waals surface area contributed by atoms with Crippen LogP contribution in [0.25, 0.3) is 0 Å². The van der Waals surface area contributed by atoms with Crippen molar-refractivity contribution in [2.24, 2.45) is 0 Å². The second kappa shape index (κ2) is 3.75. The Kier molecular flexibility index (Phi) is 3.56. The molecule has 2 heteroatoms. The summed E-state index contributed by atoms with van der Waals surface area (Å²) in [5, 5.41) is 0. The minimum atomic E-state index is -0.748. The van der Waals surface area contributed by atoms with Crippen molar-refractivity contribution in [2.75, 3.05) is 0 Å². The Morgan fingerprint density at radius 2 is 2.40 bits per heavy atom. The fourth-order valence-electron chi connectivity index (χ4n) is 0.0295. The molecular weight excluding hydrogens is 131 g/mol. The fourth-order valence-corrected chi connectivity index (χ4v) is 0.153. The van der Waals surface area contributed by atoms with Gasteiger partial charge in [0, 0.05) is 0 Å². The first-order valence-corrected chi connectivity index (χ1v) is 2.53. The summed E-state index contributed by atoms with van der Waals surface area (Å²) < 4.78 is 11.6. The van der Waals surface area contributed by atoms with Crippen molar-refractivity contribution < 1.29 is 3.83 Å². The zero-order valence-electron chi connectivity index (χ0n) is 2.52. The summed E-state index contributed by atoms with van der Waals surface area (Å²) in [6.07, 6.45) is 0. The van der Waals surface area contributed by atoms with Gasteiger partial charge >= 0.3 is 35.2 Å². The van der Waals surface area contributed by atoms with Gasteiger partial charge in [0.05, 0.1) is 0 Å². The number of rotatable bonds is 0. The summed E-state index contributed by atoms with van der Waals surface area (Å²) in [6.45, 7) is 3.13. The number of hydrogen-bond donors (Lipinski definition) is 0. The topological polar surface area (TPSA) is 17.1 Å². The summed E-state index contributed by atoms with van der Waals surface area (Å²) in [6, 6.07) is 0. The summed E-state index contributed by atoms with van der Waals surface area (Å²) in [5.41, 5.74) is 2.23. The fraction of sp³-hybridized carbons (Fsp3) is 0. The van der Waals surface area contributed by atoms with Crippen molar-refractivity contribution in [1.82, 2.24) is 0 Å². The number of hydrogen-bond acceptors (Lipinski definition) is 1. The minimum absolute atomic E-state index is 0.748. The Bertz CT molecular complexity index is 98.9. The van der Waals surface area contributed by atoms with E-state index in [9.17, 15) is 3.83 Å². The quantitative estimate of drug-likeness (QED) is 0.329. The molecule has 0 atom stereocenters. The molecule has 5 heavy (non-hydrogen) atoms. The van der Waals surface area contributed by atoms with E-state index in [2.05, 4.69) is 16.9 Å². The van der Waals surface area contributed by atoms with Gasteiger partial charge in [-0.1, -0.05) is 0 Å². The van der Waals surface area contributed by atoms with Crippen LogP contribution in [0.2, 0.25) is 0 Å². The molecule has 0 bridgehead atoms. The van der Waals surface area contributed by atoms with E-state index < -0.39 is 14.5 Å². The predicted molar refractivity (Wildman–Crippen MR) is 20.6 cm³/mol.